The molecule has 1 aromatic rings. The van der Waals surface area contributed by atoms with Crippen LogP contribution in [0.4, 0.5) is 0 Å². The lowest BCUT2D eigenvalue weighted by atomic mass is 10.1. The van der Waals surface area contributed by atoms with Gasteiger partial charge in [-0.3, -0.25) is 0 Å². The van der Waals surface area contributed by atoms with Crippen molar-refractivity contribution in [2.24, 2.45) is 0 Å². The highest BCUT2D eigenvalue weighted by Crippen LogP contribution is 2.28. The van der Waals surface area contributed by atoms with Gasteiger partial charge in [-0.05, 0) is 18.2 Å². The van der Waals surface area contributed by atoms with Crippen molar-refractivity contribution in [3.05, 3.63) is 28.2 Å². The van der Waals surface area contributed by atoms with Gasteiger partial charge in [-0.15, -0.1) is 0 Å². The summed E-state index contributed by atoms with van der Waals surface area (Å²) >= 11 is 3.38. The van der Waals surface area contributed by atoms with Crippen LogP contribution in [0.3, 0.4) is 0 Å². The van der Waals surface area contributed by atoms with E-state index in [1.165, 1.54) is 0 Å². The molecule has 1 atom stereocenters. The molecule has 1 fully saturated rings. The number of hydrogen-bond acceptors (Lipinski definition) is 3. The van der Waals surface area contributed by atoms with Crippen molar-refractivity contribution < 1.29 is 9.84 Å². The minimum absolute atomic E-state index is 0.0984. The zero-order valence-corrected chi connectivity index (χ0v) is 9.25. The Morgan fingerprint density at radius 2 is 2.36 bits per heavy atom. The highest BCUT2D eigenvalue weighted by Gasteiger charge is 2.18. The van der Waals surface area contributed by atoms with Crippen LogP contribution in [0.25, 0.3) is 0 Å². The second-order valence-corrected chi connectivity index (χ2v) is 4.20. The quantitative estimate of drug-likeness (QED) is 0.807. The summed E-state index contributed by atoms with van der Waals surface area (Å²) in [5.74, 6) is 0.316. The summed E-state index contributed by atoms with van der Waals surface area (Å²) in [4.78, 5) is 0. The fourth-order valence-corrected chi connectivity index (χ4v) is 1.95. The summed E-state index contributed by atoms with van der Waals surface area (Å²) < 4.78 is 6.31. The molecule has 0 aliphatic carbocycles. The van der Waals surface area contributed by atoms with Crippen molar-refractivity contribution in [3.63, 3.8) is 0 Å². The molecule has 1 saturated heterocycles. The topological polar surface area (TPSA) is 41.5 Å². The molecule has 14 heavy (non-hydrogen) atoms. The number of hydrogen-bond donors (Lipinski definition) is 2. The van der Waals surface area contributed by atoms with E-state index in [9.17, 15) is 5.11 Å². The number of nitrogens with one attached hydrogen (secondary N) is 1. The maximum absolute atomic E-state index is 9.67. The second kappa shape index (κ2) is 4.29. The molecule has 0 saturated carbocycles. The van der Waals surface area contributed by atoms with E-state index in [0.717, 1.165) is 23.2 Å². The van der Waals surface area contributed by atoms with Gasteiger partial charge >= 0.3 is 0 Å². The molecular formula is C10H12BrNO2. The Labute approximate surface area is 91.2 Å². The lowest BCUT2D eigenvalue weighted by Crippen LogP contribution is -2.34. The summed E-state index contributed by atoms with van der Waals surface area (Å²) in [6.45, 7) is 2.19. The zero-order valence-electron chi connectivity index (χ0n) is 7.66. The third kappa shape index (κ3) is 2.08. The molecule has 3 nitrogen and oxygen atoms in total. The molecule has 0 radical (unpaired) electrons. The largest absolute Gasteiger partial charge is 0.508 e. The highest BCUT2D eigenvalue weighted by atomic mass is 79.9. The van der Waals surface area contributed by atoms with Crippen LogP contribution in [0.15, 0.2) is 22.7 Å². The van der Waals surface area contributed by atoms with E-state index >= 15 is 0 Å². The van der Waals surface area contributed by atoms with Gasteiger partial charge in [0.2, 0.25) is 0 Å². The van der Waals surface area contributed by atoms with E-state index in [1.54, 1.807) is 6.07 Å². The fraction of sp³-hybridized carbons (Fsp3) is 0.400. The summed E-state index contributed by atoms with van der Waals surface area (Å²) in [5.41, 5.74) is 0.888. The lowest BCUT2D eigenvalue weighted by Gasteiger charge is -2.24. The van der Waals surface area contributed by atoms with Crippen LogP contribution < -0.4 is 5.32 Å². The van der Waals surface area contributed by atoms with Gasteiger partial charge in [-0.25, -0.2) is 0 Å². The van der Waals surface area contributed by atoms with Crippen molar-refractivity contribution in [2.45, 2.75) is 6.04 Å². The van der Waals surface area contributed by atoms with Crippen LogP contribution in [0.1, 0.15) is 11.6 Å². The van der Waals surface area contributed by atoms with Crippen LogP contribution in [-0.4, -0.2) is 24.9 Å². The Kier molecular flexibility index (Phi) is 3.05. The first-order valence-corrected chi connectivity index (χ1v) is 5.36. The SMILES string of the molecule is Oc1ccc(Br)cc1[C@@H]1COCCN1. The number of ether oxygens (including phenoxy) is 1. The van der Waals surface area contributed by atoms with E-state index in [2.05, 4.69) is 21.2 Å². The maximum atomic E-state index is 9.67. The van der Waals surface area contributed by atoms with Crippen LogP contribution in [0.5, 0.6) is 5.75 Å². The van der Waals surface area contributed by atoms with Crippen molar-refractivity contribution in [1.82, 2.24) is 5.32 Å². The summed E-state index contributed by atoms with van der Waals surface area (Å²) in [6.07, 6.45) is 0. The van der Waals surface area contributed by atoms with Gasteiger partial charge in [-0.2, -0.15) is 0 Å². The van der Waals surface area contributed by atoms with Crippen molar-refractivity contribution in [2.75, 3.05) is 19.8 Å². The Morgan fingerprint density at radius 1 is 1.50 bits per heavy atom. The van der Waals surface area contributed by atoms with E-state index in [-0.39, 0.29) is 6.04 Å². The average molecular weight is 258 g/mol. The third-order valence-electron chi connectivity index (χ3n) is 2.29. The molecule has 0 aromatic heterocycles. The molecule has 76 valence electrons. The van der Waals surface area contributed by atoms with E-state index < -0.39 is 0 Å². The smallest absolute Gasteiger partial charge is 0.120 e. The number of halogens is 1. The predicted molar refractivity (Wildman–Crippen MR) is 57.4 cm³/mol. The van der Waals surface area contributed by atoms with Gasteiger partial charge in [0, 0.05) is 16.6 Å². The Morgan fingerprint density at radius 3 is 3.07 bits per heavy atom. The number of phenols is 1. The van der Waals surface area contributed by atoms with Gasteiger partial charge in [-0.1, -0.05) is 15.9 Å². The molecule has 0 bridgehead atoms. The van der Waals surface area contributed by atoms with Crippen LogP contribution >= 0.6 is 15.9 Å². The molecule has 0 unspecified atom stereocenters. The number of phenolic OH excluding ortho intramolecular Hbond substituents is 1. The first-order valence-electron chi connectivity index (χ1n) is 4.57. The van der Waals surface area contributed by atoms with Crippen molar-refractivity contribution in [3.8, 4) is 5.75 Å². The highest BCUT2D eigenvalue weighted by molar-refractivity contribution is 9.10. The van der Waals surface area contributed by atoms with Crippen molar-refractivity contribution >= 4 is 15.9 Å². The van der Waals surface area contributed by atoms with Crippen molar-refractivity contribution in [1.29, 1.82) is 0 Å². The van der Waals surface area contributed by atoms with Crippen LogP contribution in [0.2, 0.25) is 0 Å². The fourth-order valence-electron chi connectivity index (χ4n) is 1.57. The molecule has 1 aromatic carbocycles. The molecule has 1 aliphatic heterocycles. The number of aromatic hydroxyl groups is 1. The molecule has 0 amide bonds. The number of rotatable bonds is 1. The van der Waals surface area contributed by atoms with E-state index in [0.29, 0.717) is 12.4 Å². The minimum atomic E-state index is 0.0984. The van der Waals surface area contributed by atoms with Gasteiger partial charge < -0.3 is 15.2 Å². The number of morpholine rings is 1. The summed E-state index contributed by atoms with van der Waals surface area (Å²) in [5, 5.41) is 13.0. The summed E-state index contributed by atoms with van der Waals surface area (Å²) in [7, 11) is 0. The first-order chi connectivity index (χ1) is 6.77. The molecule has 2 N–H and O–H groups in total. The normalized spacial score (nSPS) is 22.2. The van der Waals surface area contributed by atoms with E-state index in [1.807, 2.05) is 12.1 Å². The first kappa shape index (κ1) is 9.96. The minimum Gasteiger partial charge on any atom is -0.508 e. The second-order valence-electron chi connectivity index (χ2n) is 3.28. The van der Waals surface area contributed by atoms with Gasteiger partial charge in [0.25, 0.3) is 0 Å². The molecule has 4 heteroatoms. The number of benzene rings is 1. The molecule has 2 rings (SSSR count). The third-order valence-corrected chi connectivity index (χ3v) is 2.78. The van der Waals surface area contributed by atoms with Crippen LogP contribution in [-0.2, 0) is 4.74 Å². The maximum Gasteiger partial charge on any atom is 0.120 e. The molecule has 0 spiro atoms. The molecule has 1 aliphatic rings. The molecule has 1 heterocycles. The Hall–Kier alpha value is -0.580. The Balaban J connectivity index is 2.24. The Bertz CT molecular complexity index is 324. The standard InChI is InChI=1S/C10H12BrNO2/c11-7-1-2-10(13)8(5-7)9-6-14-4-3-12-9/h1-2,5,9,12-13H,3-4,6H2/t9-/m0/s1. The van der Waals surface area contributed by atoms with Gasteiger partial charge in [0.15, 0.2) is 0 Å². The van der Waals surface area contributed by atoms with Crippen LogP contribution in [0, 0.1) is 0 Å². The predicted octanol–water partition coefficient (Wildman–Crippen LogP) is 1.82. The summed E-state index contributed by atoms with van der Waals surface area (Å²) in [6, 6.07) is 5.53. The molecular weight excluding hydrogens is 246 g/mol. The lowest BCUT2D eigenvalue weighted by molar-refractivity contribution is 0.0761. The van der Waals surface area contributed by atoms with Gasteiger partial charge in [0.1, 0.15) is 5.75 Å². The zero-order chi connectivity index (χ0) is 9.97. The van der Waals surface area contributed by atoms with E-state index in [4.69, 9.17) is 4.74 Å². The average Bonchev–Trinajstić information content (AvgIpc) is 2.23. The monoisotopic (exact) mass is 257 g/mol. The van der Waals surface area contributed by atoms with Gasteiger partial charge in [0.05, 0.1) is 19.3 Å².